The second-order valence-corrected chi connectivity index (χ2v) is 2.30. The molecule has 0 unspecified atom stereocenters. The summed E-state index contributed by atoms with van der Waals surface area (Å²) in [4.78, 5) is 11.1. The van der Waals surface area contributed by atoms with Gasteiger partial charge in [0.15, 0.2) is 0 Å². The maximum absolute atomic E-state index is 11.1. The number of nitrogens with zero attached hydrogens (tertiary/aromatic N) is 2. The first-order chi connectivity index (χ1) is 5.65. The lowest BCUT2D eigenvalue weighted by atomic mass is 10.4. The van der Waals surface area contributed by atoms with Gasteiger partial charge in [-0.1, -0.05) is 0 Å². The Morgan fingerprint density at radius 2 is 2.50 bits per heavy atom. The lowest BCUT2D eigenvalue weighted by Gasteiger charge is -1.99. The summed E-state index contributed by atoms with van der Waals surface area (Å²) in [6.07, 6.45) is 0. The van der Waals surface area contributed by atoms with Crippen molar-refractivity contribution in [1.82, 2.24) is 9.78 Å². The molecule has 0 spiro atoms. The first kappa shape index (κ1) is 8.58. The summed E-state index contributed by atoms with van der Waals surface area (Å²) in [5, 5.41) is 3.81. The van der Waals surface area contributed by atoms with Crippen LogP contribution in [0.25, 0.3) is 0 Å². The zero-order valence-corrected chi connectivity index (χ0v) is 7.07. The Morgan fingerprint density at radius 3 is 2.92 bits per heavy atom. The average Bonchev–Trinajstić information content (AvgIpc) is 2.30. The molecule has 5 heteroatoms. The Hall–Kier alpha value is -1.52. The van der Waals surface area contributed by atoms with Crippen LogP contribution in [-0.4, -0.2) is 22.4 Å². The van der Waals surface area contributed by atoms with Crippen molar-refractivity contribution in [2.75, 3.05) is 12.3 Å². The van der Waals surface area contributed by atoms with Crippen molar-refractivity contribution >= 4 is 11.8 Å². The number of aryl methyl sites for hydroxylation is 1. The fourth-order valence-electron chi connectivity index (χ4n) is 0.886. The van der Waals surface area contributed by atoms with Gasteiger partial charge in [0.1, 0.15) is 11.5 Å². The minimum Gasteiger partial charge on any atom is -0.461 e. The summed E-state index contributed by atoms with van der Waals surface area (Å²) in [7, 11) is 1.64. The fourth-order valence-corrected chi connectivity index (χ4v) is 0.886. The van der Waals surface area contributed by atoms with Gasteiger partial charge in [0.05, 0.1) is 6.61 Å². The SMILES string of the molecule is CCOC(=O)c1cc(N)nn1C. The van der Waals surface area contributed by atoms with Gasteiger partial charge in [0.25, 0.3) is 0 Å². The molecule has 12 heavy (non-hydrogen) atoms. The number of anilines is 1. The summed E-state index contributed by atoms with van der Waals surface area (Å²) < 4.78 is 6.16. The minimum absolute atomic E-state index is 0.320. The van der Waals surface area contributed by atoms with E-state index in [-0.39, 0.29) is 0 Å². The fraction of sp³-hybridized carbons (Fsp3) is 0.429. The van der Waals surface area contributed by atoms with Crippen LogP contribution < -0.4 is 5.73 Å². The van der Waals surface area contributed by atoms with Gasteiger partial charge < -0.3 is 10.5 Å². The minimum atomic E-state index is -0.399. The van der Waals surface area contributed by atoms with Crippen molar-refractivity contribution in [2.45, 2.75) is 6.92 Å². The normalized spacial score (nSPS) is 9.83. The first-order valence-electron chi connectivity index (χ1n) is 3.61. The molecular formula is C7H11N3O2. The molecule has 0 saturated carbocycles. The number of hydrogen-bond donors (Lipinski definition) is 1. The van der Waals surface area contributed by atoms with Gasteiger partial charge in [-0.15, -0.1) is 0 Å². The largest absolute Gasteiger partial charge is 0.461 e. The average molecular weight is 169 g/mol. The van der Waals surface area contributed by atoms with E-state index >= 15 is 0 Å². The molecule has 0 aliphatic carbocycles. The zero-order valence-electron chi connectivity index (χ0n) is 7.07. The molecule has 1 aromatic heterocycles. The lowest BCUT2D eigenvalue weighted by molar-refractivity contribution is 0.0513. The topological polar surface area (TPSA) is 70.1 Å². The summed E-state index contributed by atoms with van der Waals surface area (Å²) in [6, 6.07) is 1.48. The Balaban J connectivity index is 2.87. The third kappa shape index (κ3) is 1.55. The molecule has 1 rings (SSSR count). The van der Waals surface area contributed by atoms with E-state index < -0.39 is 5.97 Å². The number of rotatable bonds is 2. The Kier molecular flexibility index (Phi) is 2.32. The molecule has 0 fully saturated rings. The van der Waals surface area contributed by atoms with Crippen molar-refractivity contribution in [3.05, 3.63) is 11.8 Å². The van der Waals surface area contributed by atoms with Gasteiger partial charge in [-0.05, 0) is 6.92 Å². The van der Waals surface area contributed by atoms with Gasteiger partial charge in [-0.2, -0.15) is 5.10 Å². The monoisotopic (exact) mass is 169 g/mol. The van der Waals surface area contributed by atoms with Crippen molar-refractivity contribution < 1.29 is 9.53 Å². The molecular weight excluding hydrogens is 158 g/mol. The number of hydrogen-bond acceptors (Lipinski definition) is 4. The van der Waals surface area contributed by atoms with Gasteiger partial charge in [0.2, 0.25) is 0 Å². The number of esters is 1. The van der Waals surface area contributed by atoms with E-state index in [9.17, 15) is 4.79 Å². The highest BCUT2D eigenvalue weighted by Gasteiger charge is 2.12. The lowest BCUT2D eigenvalue weighted by Crippen LogP contribution is -2.10. The molecule has 0 aliphatic heterocycles. The number of carbonyl (C=O) groups excluding carboxylic acids is 1. The molecule has 0 atom stereocenters. The van der Waals surface area contributed by atoms with E-state index in [4.69, 9.17) is 10.5 Å². The molecule has 0 radical (unpaired) electrons. The van der Waals surface area contributed by atoms with E-state index in [0.717, 1.165) is 0 Å². The van der Waals surface area contributed by atoms with Crippen LogP contribution in [0.4, 0.5) is 5.82 Å². The van der Waals surface area contributed by atoms with Gasteiger partial charge in [-0.3, -0.25) is 4.68 Å². The van der Waals surface area contributed by atoms with Crippen LogP contribution >= 0.6 is 0 Å². The van der Waals surface area contributed by atoms with E-state index in [1.807, 2.05) is 0 Å². The van der Waals surface area contributed by atoms with E-state index in [1.165, 1.54) is 10.7 Å². The van der Waals surface area contributed by atoms with Crippen LogP contribution in [0.3, 0.4) is 0 Å². The zero-order chi connectivity index (χ0) is 9.14. The van der Waals surface area contributed by atoms with Crippen molar-refractivity contribution in [1.29, 1.82) is 0 Å². The highest BCUT2D eigenvalue weighted by atomic mass is 16.5. The maximum atomic E-state index is 11.1. The second-order valence-electron chi connectivity index (χ2n) is 2.30. The molecule has 1 heterocycles. The van der Waals surface area contributed by atoms with Crippen LogP contribution in [0.1, 0.15) is 17.4 Å². The molecule has 66 valence electrons. The molecule has 1 aromatic rings. The molecule has 0 saturated heterocycles. The maximum Gasteiger partial charge on any atom is 0.356 e. The van der Waals surface area contributed by atoms with Crippen LogP contribution in [0.15, 0.2) is 6.07 Å². The van der Waals surface area contributed by atoms with Gasteiger partial charge in [-0.25, -0.2) is 4.79 Å². The Bertz CT molecular complexity index is 293. The molecule has 0 aromatic carbocycles. The van der Waals surface area contributed by atoms with Crippen LogP contribution in [-0.2, 0) is 11.8 Å². The standard InChI is InChI=1S/C7H11N3O2/c1-3-12-7(11)5-4-6(8)9-10(5)2/h4H,3H2,1-2H3,(H2,8,9). The third-order valence-corrected chi connectivity index (χ3v) is 1.38. The van der Waals surface area contributed by atoms with Gasteiger partial charge >= 0.3 is 5.97 Å². The number of nitrogen functional groups attached to an aromatic ring is 1. The Labute approximate surface area is 70.1 Å². The molecule has 0 bridgehead atoms. The number of aromatic nitrogens is 2. The smallest absolute Gasteiger partial charge is 0.356 e. The Morgan fingerprint density at radius 1 is 1.83 bits per heavy atom. The van der Waals surface area contributed by atoms with Crippen molar-refractivity contribution in [3.8, 4) is 0 Å². The highest BCUT2D eigenvalue weighted by molar-refractivity contribution is 5.88. The summed E-state index contributed by atoms with van der Waals surface area (Å²) in [5.74, 6) is -0.0789. The van der Waals surface area contributed by atoms with Crippen LogP contribution in [0.5, 0.6) is 0 Å². The second kappa shape index (κ2) is 3.25. The highest BCUT2D eigenvalue weighted by Crippen LogP contribution is 2.05. The molecule has 0 amide bonds. The number of ether oxygens (including phenoxy) is 1. The predicted molar refractivity (Wildman–Crippen MR) is 43.6 cm³/mol. The molecule has 2 N–H and O–H groups in total. The van der Waals surface area contributed by atoms with E-state index in [1.54, 1.807) is 14.0 Å². The third-order valence-electron chi connectivity index (χ3n) is 1.38. The number of carbonyl (C=O) groups is 1. The molecule has 0 aliphatic rings. The van der Waals surface area contributed by atoms with Crippen LogP contribution in [0.2, 0.25) is 0 Å². The summed E-state index contributed by atoms with van der Waals surface area (Å²) >= 11 is 0. The number of nitrogens with two attached hydrogens (primary N) is 1. The predicted octanol–water partition coefficient (Wildman–Crippen LogP) is 0.179. The van der Waals surface area contributed by atoms with Crippen molar-refractivity contribution in [3.63, 3.8) is 0 Å². The van der Waals surface area contributed by atoms with Crippen molar-refractivity contribution in [2.24, 2.45) is 7.05 Å². The van der Waals surface area contributed by atoms with Crippen LogP contribution in [0, 0.1) is 0 Å². The van der Waals surface area contributed by atoms with E-state index in [2.05, 4.69) is 5.10 Å². The molecule has 5 nitrogen and oxygen atoms in total. The summed E-state index contributed by atoms with van der Waals surface area (Å²) in [5.41, 5.74) is 5.74. The first-order valence-corrected chi connectivity index (χ1v) is 3.61. The van der Waals surface area contributed by atoms with E-state index in [0.29, 0.717) is 18.1 Å². The quantitative estimate of drug-likeness (QED) is 0.641. The van der Waals surface area contributed by atoms with Gasteiger partial charge in [0, 0.05) is 13.1 Å². The summed E-state index contributed by atoms with van der Waals surface area (Å²) in [6.45, 7) is 2.10.